The molecule has 1 aromatic heterocycles. The highest BCUT2D eigenvalue weighted by Gasteiger charge is 2.58. The number of rotatable bonds is 7. The first-order valence-electron chi connectivity index (χ1n) is 8.25. The average molecular weight is 385 g/mol. The molecule has 1 atom stereocenters. The van der Waals surface area contributed by atoms with Gasteiger partial charge in [-0.15, -0.1) is 0 Å². The molecule has 0 aliphatic rings. The molecule has 1 unspecified atom stereocenters. The third-order valence-electron chi connectivity index (χ3n) is 4.23. The van der Waals surface area contributed by atoms with E-state index in [4.69, 9.17) is 4.74 Å². The van der Waals surface area contributed by atoms with E-state index in [1.165, 1.54) is 20.4 Å². The quantitative estimate of drug-likeness (QED) is 0.767. The molecule has 0 saturated carbocycles. The number of aromatic nitrogens is 2. The lowest BCUT2D eigenvalue weighted by Crippen LogP contribution is -2.48. The van der Waals surface area contributed by atoms with Gasteiger partial charge in [0.15, 0.2) is 5.82 Å². The van der Waals surface area contributed by atoms with Gasteiger partial charge in [-0.1, -0.05) is 17.7 Å². The number of ether oxygens (including phenoxy) is 1. The zero-order valence-electron chi connectivity index (χ0n) is 15.3. The fourth-order valence-electron chi connectivity index (χ4n) is 2.80. The molecule has 1 amide bonds. The fraction of sp³-hybridized carbons (Fsp3) is 0.444. The lowest BCUT2D eigenvalue weighted by molar-refractivity contribution is -0.271. The van der Waals surface area contributed by atoms with Gasteiger partial charge in [0.05, 0.1) is 13.5 Å². The van der Waals surface area contributed by atoms with E-state index < -0.39 is 29.9 Å². The number of aliphatic hydroxyl groups is 1. The smallest absolute Gasteiger partial charge is 0.425 e. The SMILES string of the molecule is COc1ccc(C)cc1CCNC(=O)CC(O)(c1nccn1C)C(F)(F)F. The van der Waals surface area contributed by atoms with Gasteiger partial charge in [0.2, 0.25) is 11.5 Å². The number of alkyl halides is 3. The van der Waals surface area contributed by atoms with Gasteiger partial charge in [-0.2, -0.15) is 13.2 Å². The Bertz CT molecular complexity index is 805. The van der Waals surface area contributed by atoms with Gasteiger partial charge >= 0.3 is 6.18 Å². The van der Waals surface area contributed by atoms with E-state index >= 15 is 0 Å². The molecule has 0 saturated heterocycles. The molecule has 0 radical (unpaired) electrons. The Hall–Kier alpha value is -2.55. The fourth-order valence-corrected chi connectivity index (χ4v) is 2.80. The number of nitrogens with one attached hydrogen (secondary N) is 1. The summed E-state index contributed by atoms with van der Waals surface area (Å²) < 4.78 is 46.6. The van der Waals surface area contributed by atoms with Crippen LogP contribution in [0.5, 0.6) is 5.75 Å². The van der Waals surface area contributed by atoms with Crippen LogP contribution in [0.4, 0.5) is 13.2 Å². The second-order valence-electron chi connectivity index (χ2n) is 6.31. The van der Waals surface area contributed by atoms with E-state index in [9.17, 15) is 23.1 Å². The summed E-state index contributed by atoms with van der Waals surface area (Å²) in [5.74, 6) is -0.926. The average Bonchev–Trinajstić information content (AvgIpc) is 3.00. The number of carbonyl (C=O) groups excluding carboxylic acids is 1. The molecule has 2 rings (SSSR count). The molecule has 0 aliphatic carbocycles. The van der Waals surface area contributed by atoms with Crippen LogP contribution in [0.25, 0.3) is 0 Å². The lowest BCUT2D eigenvalue weighted by atomic mass is 9.97. The number of carbonyl (C=O) groups is 1. The molecule has 1 heterocycles. The minimum absolute atomic E-state index is 0.104. The minimum Gasteiger partial charge on any atom is -0.496 e. The maximum Gasteiger partial charge on any atom is 0.425 e. The predicted molar refractivity (Wildman–Crippen MR) is 92.2 cm³/mol. The third kappa shape index (κ3) is 4.60. The molecule has 6 nitrogen and oxygen atoms in total. The van der Waals surface area contributed by atoms with Crippen molar-refractivity contribution in [2.24, 2.45) is 7.05 Å². The molecule has 0 spiro atoms. The van der Waals surface area contributed by atoms with Crippen LogP contribution in [0.15, 0.2) is 30.6 Å². The van der Waals surface area contributed by atoms with Crippen molar-refractivity contribution in [2.75, 3.05) is 13.7 Å². The Kier molecular flexibility index (Phi) is 6.15. The number of amides is 1. The zero-order valence-corrected chi connectivity index (χ0v) is 15.3. The van der Waals surface area contributed by atoms with Gasteiger partial charge in [0.25, 0.3) is 0 Å². The van der Waals surface area contributed by atoms with Crippen LogP contribution in [0.3, 0.4) is 0 Å². The molecule has 27 heavy (non-hydrogen) atoms. The van der Waals surface area contributed by atoms with Crippen molar-refractivity contribution in [1.29, 1.82) is 0 Å². The Morgan fingerprint density at radius 2 is 2.07 bits per heavy atom. The van der Waals surface area contributed by atoms with Crippen molar-refractivity contribution in [3.63, 3.8) is 0 Å². The van der Waals surface area contributed by atoms with Crippen molar-refractivity contribution < 1.29 is 27.8 Å². The van der Waals surface area contributed by atoms with Crippen LogP contribution in [0, 0.1) is 6.92 Å². The van der Waals surface area contributed by atoms with Gasteiger partial charge in [-0.05, 0) is 25.0 Å². The van der Waals surface area contributed by atoms with E-state index in [-0.39, 0.29) is 6.54 Å². The first kappa shape index (κ1) is 20.8. The Morgan fingerprint density at radius 1 is 1.37 bits per heavy atom. The molecule has 0 fully saturated rings. The van der Waals surface area contributed by atoms with Gasteiger partial charge in [-0.25, -0.2) is 4.98 Å². The first-order chi connectivity index (χ1) is 12.6. The first-order valence-corrected chi connectivity index (χ1v) is 8.25. The Balaban J connectivity index is 2.05. The third-order valence-corrected chi connectivity index (χ3v) is 4.23. The summed E-state index contributed by atoms with van der Waals surface area (Å²) in [7, 11) is 2.84. The number of hydrogen-bond acceptors (Lipinski definition) is 4. The highest BCUT2D eigenvalue weighted by molar-refractivity contribution is 5.77. The maximum absolute atomic E-state index is 13.4. The number of hydrogen-bond donors (Lipinski definition) is 2. The summed E-state index contributed by atoms with van der Waals surface area (Å²) >= 11 is 0. The standard InChI is InChI=1S/C18H22F3N3O3/c1-12-4-5-14(27-3)13(10-12)6-7-22-15(25)11-17(26,18(19,20)21)16-23-8-9-24(16)2/h4-5,8-10,26H,6-7,11H2,1-3H3,(H,22,25). The summed E-state index contributed by atoms with van der Waals surface area (Å²) in [5.41, 5.74) is -1.54. The van der Waals surface area contributed by atoms with Crippen LogP contribution in [-0.4, -0.2) is 40.4 Å². The van der Waals surface area contributed by atoms with E-state index in [1.807, 2.05) is 19.1 Å². The Morgan fingerprint density at radius 3 is 2.63 bits per heavy atom. The van der Waals surface area contributed by atoms with E-state index in [0.717, 1.165) is 21.9 Å². The minimum atomic E-state index is -5.05. The Labute approximate surface area is 155 Å². The van der Waals surface area contributed by atoms with Crippen molar-refractivity contribution >= 4 is 5.91 Å². The number of methoxy groups -OCH3 is 1. The molecule has 0 aliphatic heterocycles. The van der Waals surface area contributed by atoms with Crippen LogP contribution in [-0.2, 0) is 23.9 Å². The maximum atomic E-state index is 13.4. The molecule has 148 valence electrons. The van der Waals surface area contributed by atoms with E-state index in [0.29, 0.717) is 12.2 Å². The van der Waals surface area contributed by atoms with Crippen LogP contribution in [0.1, 0.15) is 23.4 Å². The lowest BCUT2D eigenvalue weighted by Gasteiger charge is -2.29. The molecule has 2 aromatic rings. The van der Waals surface area contributed by atoms with Crippen molar-refractivity contribution in [3.05, 3.63) is 47.5 Å². The summed E-state index contributed by atoms with van der Waals surface area (Å²) in [6.07, 6.45) is -3.44. The highest BCUT2D eigenvalue weighted by Crippen LogP contribution is 2.40. The molecule has 2 N–H and O–H groups in total. The zero-order chi connectivity index (χ0) is 20.2. The molecule has 0 bridgehead atoms. The molecular weight excluding hydrogens is 363 g/mol. The molecule has 1 aromatic carbocycles. The van der Waals surface area contributed by atoms with Crippen molar-refractivity contribution in [3.8, 4) is 5.75 Å². The monoisotopic (exact) mass is 385 g/mol. The number of aryl methyl sites for hydroxylation is 2. The molecule has 9 heteroatoms. The second-order valence-corrected chi connectivity index (χ2v) is 6.31. The highest BCUT2D eigenvalue weighted by atomic mass is 19.4. The van der Waals surface area contributed by atoms with E-state index in [2.05, 4.69) is 10.3 Å². The van der Waals surface area contributed by atoms with Crippen molar-refractivity contribution in [1.82, 2.24) is 14.9 Å². The van der Waals surface area contributed by atoms with Crippen LogP contribution < -0.4 is 10.1 Å². The summed E-state index contributed by atoms with van der Waals surface area (Å²) in [4.78, 5) is 15.6. The van der Waals surface area contributed by atoms with Crippen molar-refractivity contribution in [2.45, 2.75) is 31.5 Å². The topological polar surface area (TPSA) is 76.4 Å². The van der Waals surface area contributed by atoms with Gasteiger partial charge in [0.1, 0.15) is 5.75 Å². The number of halogens is 3. The summed E-state index contributed by atoms with van der Waals surface area (Å²) in [5, 5.41) is 12.6. The number of imidazole rings is 1. The van der Waals surface area contributed by atoms with Gasteiger partial charge in [-0.3, -0.25) is 4.79 Å². The normalized spacial score (nSPS) is 13.9. The van der Waals surface area contributed by atoms with Crippen LogP contribution >= 0.6 is 0 Å². The predicted octanol–water partition coefficient (Wildman–Crippen LogP) is 2.24. The molecular formula is C18H22F3N3O3. The largest absolute Gasteiger partial charge is 0.496 e. The van der Waals surface area contributed by atoms with Crippen LogP contribution in [0.2, 0.25) is 0 Å². The number of nitrogens with zero attached hydrogens (tertiary/aromatic N) is 2. The summed E-state index contributed by atoms with van der Waals surface area (Å²) in [6, 6.07) is 5.54. The number of benzene rings is 1. The van der Waals surface area contributed by atoms with Gasteiger partial charge < -0.3 is 19.7 Å². The second kappa shape index (κ2) is 7.99. The van der Waals surface area contributed by atoms with E-state index in [1.54, 1.807) is 6.07 Å². The van der Waals surface area contributed by atoms with Gasteiger partial charge in [0, 0.05) is 26.0 Å². The summed E-state index contributed by atoms with van der Waals surface area (Å²) in [6.45, 7) is 2.00.